The first-order valence-corrected chi connectivity index (χ1v) is 7.49. The van der Waals surface area contributed by atoms with E-state index in [0.717, 1.165) is 6.20 Å². The van der Waals surface area contributed by atoms with Gasteiger partial charge in [0.2, 0.25) is 5.91 Å². The van der Waals surface area contributed by atoms with Gasteiger partial charge in [-0.25, -0.2) is 4.79 Å². The van der Waals surface area contributed by atoms with Crippen molar-refractivity contribution in [3.05, 3.63) is 33.9 Å². The number of hydrogen-bond donors (Lipinski definition) is 1. The molecule has 2 aromatic heterocycles. The molecule has 0 radical (unpaired) electrons. The summed E-state index contributed by atoms with van der Waals surface area (Å²) < 4.78 is 7.53. The maximum atomic E-state index is 12.1. The minimum atomic E-state index is -0.652. The van der Waals surface area contributed by atoms with Crippen molar-refractivity contribution in [1.29, 1.82) is 0 Å². The highest BCUT2D eigenvalue weighted by Gasteiger charge is 2.20. The van der Waals surface area contributed by atoms with Crippen LogP contribution in [-0.4, -0.2) is 43.5 Å². The molecule has 0 aliphatic heterocycles. The van der Waals surface area contributed by atoms with Gasteiger partial charge in [-0.3, -0.25) is 24.3 Å². The predicted octanol–water partition coefficient (Wildman–Crippen LogP) is 1.13. The van der Waals surface area contributed by atoms with Gasteiger partial charge >= 0.3 is 11.7 Å². The number of aromatic nitrogens is 4. The smallest absolute Gasteiger partial charge is 0.360 e. The zero-order chi connectivity index (χ0) is 18.6. The van der Waals surface area contributed by atoms with Gasteiger partial charge in [0.15, 0.2) is 5.69 Å². The predicted molar refractivity (Wildman–Crippen MR) is 86.1 cm³/mol. The average molecular weight is 350 g/mol. The summed E-state index contributed by atoms with van der Waals surface area (Å²) in [5.41, 5.74) is 0.537. The van der Waals surface area contributed by atoms with Gasteiger partial charge < -0.3 is 10.1 Å². The summed E-state index contributed by atoms with van der Waals surface area (Å²) in [5, 5.41) is 21.3. The van der Waals surface area contributed by atoms with E-state index in [1.165, 1.54) is 22.7 Å². The largest absolute Gasteiger partial charge is 0.464 e. The van der Waals surface area contributed by atoms with E-state index >= 15 is 0 Å². The first-order chi connectivity index (χ1) is 11.9. The van der Waals surface area contributed by atoms with Gasteiger partial charge in [-0.05, 0) is 13.8 Å². The second kappa shape index (κ2) is 7.55. The number of ether oxygens (including phenoxy) is 1. The number of nitro groups is 1. The van der Waals surface area contributed by atoms with Crippen LogP contribution in [0, 0.1) is 17.0 Å². The number of hydrogen-bond acceptors (Lipinski definition) is 7. The zero-order valence-electron chi connectivity index (χ0n) is 14.1. The number of carbonyl (C=O) groups is 2. The molecule has 0 bridgehead atoms. The molecule has 1 N–H and O–H groups in total. The lowest BCUT2D eigenvalue weighted by molar-refractivity contribution is -0.385. The Kier molecular flexibility index (Phi) is 5.47. The highest BCUT2D eigenvalue weighted by atomic mass is 16.6. The van der Waals surface area contributed by atoms with E-state index in [9.17, 15) is 19.7 Å². The van der Waals surface area contributed by atoms with Crippen LogP contribution in [-0.2, 0) is 22.6 Å². The lowest BCUT2D eigenvalue weighted by Gasteiger charge is -2.05. The molecule has 0 atom stereocenters. The van der Waals surface area contributed by atoms with Crippen LogP contribution in [0.15, 0.2) is 12.4 Å². The SMILES string of the molecule is CCn1cc(NC(=O)CCn2ncc([N+](=O)[O-])c2C)c(C(=O)OC)n1. The standard InChI is InChI=1S/C14H18N6O5/c1-4-18-8-10(13(17-18)14(22)25-3)16-12(21)5-6-19-9(2)11(7-15-19)20(23)24/h7-8H,4-6H2,1-3H3,(H,16,21). The van der Waals surface area contributed by atoms with E-state index in [-0.39, 0.29) is 35.9 Å². The highest BCUT2D eigenvalue weighted by Crippen LogP contribution is 2.17. The van der Waals surface area contributed by atoms with Crippen molar-refractivity contribution in [3.8, 4) is 0 Å². The lowest BCUT2D eigenvalue weighted by Crippen LogP contribution is -2.17. The fourth-order valence-electron chi connectivity index (χ4n) is 2.18. The Hall–Kier alpha value is -3.24. The Labute approximate surface area is 142 Å². The molecule has 1 amide bonds. The first-order valence-electron chi connectivity index (χ1n) is 7.49. The molecule has 2 aromatic rings. The van der Waals surface area contributed by atoms with Crippen molar-refractivity contribution >= 4 is 23.3 Å². The van der Waals surface area contributed by atoms with Crippen LogP contribution in [0.5, 0.6) is 0 Å². The van der Waals surface area contributed by atoms with E-state index < -0.39 is 10.9 Å². The van der Waals surface area contributed by atoms with E-state index in [1.54, 1.807) is 6.92 Å². The molecule has 134 valence electrons. The number of methoxy groups -OCH3 is 1. The van der Waals surface area contributed by atoms with Crippen molar-refractivity contribution in [1.82, 2.24) is 19.6 Å². The quantitative estimate of drug-likeness (QED) is 0.449. The highest BCUT2D eigenvalue weighted by molar-refractivity contribution is 5.99. The molecule has 0 saturated carbocycles. The van der Waals surface area contributed by atoms with E-state index in [1.807, 2.05) is 6.92 Å². The third-order valence-electron chi connectivity index (χ3n) is 3.56. The van der Waals surface area contributed by atoms with E-state index in [2.05, 4.69) is 20.3 Å². The minimum absolute atomic E-state index is 0.0172. The number of anilines is 1. The van der Waals surface area contributed by atoms with Crippen LogP contribution in [0.1, 0.15) is 29.5 Å². The van der Waals surface area contributed by atoms with Crippen LogP contribution in [0.2, 0.25) is 0 Å². The monoisotopic (exact) mass is 350 g/mol. The Morgan fingerprint density at radius 2 is 2.16 bits per heavy atom. The molecule has 0 fully saturated rings. The molecule has 2 rings (SSSR count). The van der Waals surface area contributed by atoms with Gasteiger partial charge in [0.05, 0.1) is 24.3 Å². The van der Waals surface area contributed by atoms with Gasteiger partial charge in [-0.15, -0.1) is 0 Å². The molecular formula is C14H18N6O5. The molecule has 11 heteroatoms. The van der Waals surface area contributed by atoms with Gasteiger partial charge in [-0.2, -0.15) is 10.2 Å². The van der Waals surface area contributed by atoms with Crippen molar-refractivity contribution < 1.29 is 19.2 Å². The molecule has 2 heterocycles. The van der Waals surface area contributed by atoms with Gasteiger partial charge in [0, 0.05) is 19.2 Å². The Bertz CT molecular complexity index is 809. The Morgan fingerprint density at radius 1 is 1.44 bits per heavy atom. The van der Waals surface area contributed by atoms with Gasteiger partial charge in [0.1, 0.15) is 11.9 Å². The summed E-state index contributed by atoms with van der Waals surface area (Å²) in [6.45, 7) is 4.09. The summed E-state index contributed by atoms with van der Waals surface area (Å²) in [6.07, 6.45) is 2.71. The lowest BCUT2D eigenvalue weighted by atomic mass is 10.3. The fourth-order valence-corrected chi connectivity index (χ4v) is 2.18. The number of nitrogens with one attached hydrogen (secondary N) is 1. The van der Waals surface area contributed by atoms with Crippen LogP contribution in [0.4, 0.5) is 11.4 Å². The fraction of sp³-hybridized carbons (Fsp3) is 0.429. The average Bonchev–Trinajstić information content (AvgIpc) is 3.15. The molecule has 0 unspecified atom stereocenters. The maximum Gasteiger partial charge on any atom is 0.360 e. The van der Waals surface area contributed by atoms with Crippen LogP contribution in [0.25, 0.3) is 0 Å². The molecule has 0 spiro atoms. The topological polar surface area (TPSA) is 134 Å². The zero-order valence-corrected chi connectivity index (χ0v) is 14.1. The minimum Gasteiger partial charge on any atom is -0.464 e. The molecule has 25 heavy (non-hydrogen) atoms. The van der Waals surface area contributed by atoms with Crippen molar-refractivity contribution in [3.63, 3.8) is 0 Å². The molecular weight excluding hydrogens is 332 g/mol. The Morgan fingerprint density at radius 3 is 2.72 bits per heavy atom. The van der Waals surface area contributed by atoms with Crippen molar-refractivity contribution in [2.24, 2.45) is 0 Å². The number of amides is 1. The molecule has 0 aliphatic rings. The number of esters is 1. The number of aryl methyl sites for hydroxylation is 2. The second-order valence-electron chi connectivity index (χ2n) is 5.13. The number of nitrogens with zero attached hydrogens (tertiary/aromatic N) is 5. The number of carbonyl (C=O) groups excluding carboxylic acids is 2. The third kappa shape index (κ3) is 4.00. The molecule has 0 aromatic carbocycles. The normalized spacial score (nSPS) is 10.5. The summed E-state index contributed by atoms with van der Waals surface area (Å²) >= 11 is 0. The molecule has 0 aliphatic carbocycles. The molecule has 11 nitrogen and oxygen atoms in total. The first kappa shape index (κ1) is 18.1. The molecule has 0 saturated heterocycles. The summed E-state index contributed by atoms with van der Waals surface area (Å²) in [7, 11) is 1.23. The van der Waals surface area contributed by atoms with Crippen LogP contribution in [0.3, 0.4) is 0 Å². The van der Waals surface area contributed by atoms with Crippen molar-refractivity contribution in [2.45, 2.75) is 33.4 Å². The number of rotatable bonds is 7. The van der Waals surface area contributed by atoms with E-state index in [0.29, 0.717) is 12.2 Å². The van der Waals surface area contributed by atoms with E-state index in [4.69, 9.17) is 0 Å². The second-order valence-corrected chi connectivity index (χ2v) is 5.13. The van der Waals surface area contributed by atoms with Crippen LogP contribution >= 0.6 is 0 Å². The van der Waals surface area contributed by atoms with Gasteiger partial charge in [-0.1, -0.05) is 0 Å². The summed E-state index contributed by atoms with van der Waals surface area (Å²) in [5.74, 6) is -1.03. The van der Waals surface area contributed by atoms with Gasteiger partial charge in [0.25, 0.3) is 0 Å². The van der Waals surface area contributed by atoms with Crippen LogP contribution < -0.4 is 5.32 Å². The van der Waals surface area contributed by atoms with Crippen molar-refractivity contribution in [2.75, 3.05) is 12.4 Å². The maximum absolute atomic E-state index is 12.1. The summed E-state index contributed by atoms with van der Waals surface area (Å²) in [6, 6.07) is 0. The third-order valence-corrected chi connectivity index (χ3v) is 3.56. The summed E-state index contributed by atoms with van der Waals surface area (Å²) in [4.78, 5) is 34.1. The Balaban J connectivity index is 2.04.